The Hall–Kier alpha value is -1.18. The molecule has 0 aromatic rings. The second-order valence-electron chi connectivity index (χ2n) is 9.86. The highest BCUT2D eigenvalue weighted by atomic mass is 16.1. The van der Waals surface area contributed by atoms with Crippen LogP contribution in [0.15, 0.2) is 23.8 Å². The second-order valence-corrected chi connectivity index (χ2v) is 9.86. The van der Waals surface area contributed by atoms with Crippen molar-refractivity contribution in [3.8, 4) is 0 Å². The van der Waals surface area contributed by atoms with Gasteiger partial charge in [0.2, 0.25) is 0 Å². The van der Waals surface area contributed by atoms with E-state index in [4.69, 9.17) is 0 Å². The second kappa shape index (κ2) is 8.88. The van der Waals surface area contributed by atoms with Crippen LogP contribution >= 0.6 is 0 Å². The number of Topliss-reactive ketones (excluding diaryl/α,β-unsaturated/α-hetero) is 2. The zero-order chi connectivity index (χ0) is 20.2. The predicted octanol–water partition coefficient (Wildman–Crippen LogP) is 6.70. The van der Waals surface area contributed by atoms with Gasteiger partial charge in [0.25, 0.3) is 0 Å². The van der Waals surface area contributed by atoms with Gasteiger partial charge in [0, 0.05) is 17.8 Å². The molecule has 0 aliphatic heterocycles. The molecule has 0 heterocycles. The van der Waals surface area contributed by atoms with E-state index in [1.54, 1.807) is 6.92 Å². The van der Waals surface area contributed by atoms with Crippen molar-refractivity contribution in [3.05, 3.63) is 23.8 Å². The van der Waals surface area contributed by atoms with Crippen LogP contribution in [-0.4, -0.2) is 11.6 Å². The molecule has 0 aromatic carbocycles. The molecule has 0 aromatic heterocycles. The highest BCUT2D eigenvalue weighted by Crippen LogP contribution is 2.52. The van der Waals surface area contributed by atoms with Crippen molar-refractivity contribution in [2.75, 3.05) is 0 Å². The number of hydrogen-bond acceptors (Lipinski definition) is 2. The molecule has 1 fully saturated rings. The lowest BCUT2D eigenvalue weighted by molar-refractivity contribution is -0.123. The molecule has 27 heavy (non-hydrogen) atoms. The van der Waals surface area contributed by atoms with Crippen LogP contribution in [-0.2, 0) is 9.59 Å². The number of hydrogen-bond donors (Lipinski definition) is 0. The van der Waals surface area contributed by atoms with Crippen molar-refractivity contribution in [2.24, 2.45) is 28.6 Å². The van der Waals surface area contributed by atoms with Gasteiger partial charge in [-0.15, -0.1) is 0 Å². The Labute approximate surface area is 166 Å². The van der Waals surface area contributed by atoms with E-state index in [1.807, 2.05) is 13.8 Å². The molecule has 2 heteroatoms. The predicted molar refractivity (Wildman–Crippen MR) is 114 cm³/mol. The third-order valence-electron chi connectivity index (χ3n) is 7.60. The number of unbranched alkanes of at least 4 members (excludes halogenated alkanes) is 2. The van der Waals surface area contributed by atoms with E-state index in [0.717, 1.165) is 32.1 Å². The Bertz CT molecular complexity index is 610. The first kappa shape index (κ1) is 22.1. The van der Waals surface area contributed by atoms with Crippen LogP contribution in [0.3, 0.4) is 0 Å². The molecule has 0 amide bonds. The van der Waals surface area contributed by atoms with Crippen LogP contribution in [0.25, 0.3) is 0 Å². The summed E-state index contributed by atoms with van der Waals surface area (Å²) in [5, 5.41) is 0. The van der Waals surface area contributed by atoms with Crippen molar-refractivity contribution in [1.29, 1.82) is 0 Å². The van der Waals surface area contributed by atoms with Crippen LogP contribution in [0.5, 0.6) is 0 Å². The Kier molecular flexibility index (Phi) is 7.27. The Balaban J connectivity index is 2.13. The van der Waals surface area contributed by atoms with Crippen LogP contribution < -0.4 is 0 Å². The first-order chi connectivity index (χ1) is 12.6. The molecule has 1 saturated carbocycles. The largest absolute Gasteiger partial charge is 0.299 e. The van der Waals surface area contributed by atoms with Gasteiger partial charge in [0.05, 0.1) is 0 Å². The summed E-state index contributed by atoms with van der Waals surface area (Å²) in [5.74, 6) is 1.95. The lowest BCUT2D eigenvalue weighted by Crippen LogP contribution is -2.29. The number of rotatable bonds is 9. The molecule has 2 nitrogen and oxygen atoms in total. The number of allylic oxidation sites excluding steroid dienone is 4. The van der Waals surface area contributed by atoms with E-state index in [2.05, 4.69) is 39.0 Å². The van der Waals surface area contributed by atoms with Gasteiger partial charge < -0.3 is 0 Å². The molecule has 0 bridgehead atoms. The smallest absolute Gasteiger partial charge is 0.139 e. The van der Waals surface area contributed by atoms with Crippen molar-refractivity contribution in [3.63, 3.8) is 0 Å². The van der Waals surface area contributed by atoms with Crippen LogP contribution in [0.1, 0.15) is 92.9 Å². The molecule has 0 radical (unpaired) electrons. The standard InChI is InChI=1S/C25H40O2/c1-7-8-9-10-22-20(12-14-23(22)27)17-25(6)18(2)11-13-21(25)15-16-24(4,5)19(3)26/h11,15-16,20-22H,7-10,12-14,17H2,1-6H3. The highest BCUT2D eigenvalue weighted by Gasteiger charge is 2.44. The quantitative estimate of drug-likeness (QED) is 0.333. The maximum atomic E-state index is 12.5. The van der Waals surface area contributed by atoms with Crippen LogP contribution in [0, 0.1) is 28.6 Å². The van der Waals surface area contributed by atoms with E-state index in [9.17, 15) is 9.59 Å². The van der Waals surface area contributed by atoms with Gasteiger partial charge in [0.1, 0.15) is 11.6 Å². The maximum absolute atomic E-state index is 12.5. The van der Waals surface area contributed by atoms with Gasteiger partial charge in [-0.25, -0.2) is 0 Å². The van der Waals surface area contributed by atoms with Crippen molar-refractivity contribution >= 4 is 11.6 Å². The number of carbonyl (C=O) groups is 2. The summed E-state index contributed by atoms with van der Waals surface area (Å²) in [6.45, 7) is 12.5. The minimum atomic E-state index is -0.399. The normalized spacial score (nSPS) is 31.7. The number of ketones is 2. The molecule has 2 aliphatic carbocycles. The molecular weight excluding hydrogens is 332 g/mol. The van der Waals surface area contributed by atoms with Gasteiger partial charge in [-0.05, 0) is 70.6 Å². The lowest BCUT2D eigenvalue weighted by Gasteiger charge is -2.37. The van der Waals surface area contributed by atoms with Gasteiger partial charge in [-0.2, -0.15) is 0 Å². The van der Waals surface area contributed by atoms with Crippen molar-refractivity contribution in [2.45, 2.75) is 92.9 Å². The Morgan fingerprint density at radius 3 is 2.67 bits per heavy atom. The van der Waals surface area contributed by atoms with Gasteiger partial charge in [-0.3, -0.25) is 9.59 Å². The molecule has 4 atom stereocenters. The topological polar surface area (TPSA) is 34.1 Å². The lowest BCUT2D eigenvalue weighted by atomic mass is 9.67. The average molecular weight is 373 g/mol. The monoisotopic (exact) mass is 372 g/mol. The van der Waals surface area contributed by atoms with Crippen LogP contribution in [0.2, 0.25) is 0 Å². The van der Waals surface area contributed by atoms with E-state index in [1.165, 1.54) is 24.8 Å². The van der Waals surface area contributed by atoms with E-state index in [-0.39, 0.29) is 17.1 Å². The minimum Gasteiger partial charge on any atom is -0.299 e. The van der Waals surface area contributed by atoms with Crippen LogP contribution in [0.4, 0.5) is 0 Å². The minimum absolute atomic E-state index is 0.113. The third kappa shape index (κ3) is 5.00. The third-order valence-corrected chi connectivity index (χ3v) is 7.60. The maximum Gasteiger partial charge on any atom is 0.139 e. The SMILES string of the molecule is CCCCCC1C(=O)CCC1CC1(C)C(C)=CCC1C=CC(C)(C)C(C)=O. The fourth-order valence-electron chi connectivity index (χ4n) is 4.94. The Morgan fingerprint density at radius 2 is 2.04 bits per heavy atom. The first-order valence-corrected chi connectivity index (χ1v) is 11.0. The average Bonchev–Trinajstić information content (AvgIpc) is 3.07. The van der Waals surface area contributed by atoms with E-state index < -0.39 is 5.41 Å². The molecule has 2 rings (SSSR count). The molecule has 0 N–H and O–H groups in total. The molecule has 0 saturated heterocycles. The summed E-state index contributed by atoms with van der Waals surface area (Å²) in [7, 11) is 0. The Morgan fingerprint density at radius 1 is 1.33 bits per heavy atom. The van der Waals surface area contributed by atoms with Gasteiger partial charge in [0.15, 0.2) is 0 Å². The molecule has 2 aliphatic rings. The summed E-state index contributed by atoms with van der Waals surface area (Å²) >= 11 is 0. The van der Waals surface area contributed by atoms with Gasteiger partial charge in [-0.1, -0.05) is 56.9 Å². The summed E-state index contributed by atoms with van der Waals surface area (Å²) < 4.78 is 0. The first-order valence-electron chi connectivity index (χ1n) is 11.0. The highest BCUT2D eigenvalue weighted by molar-refractivity contribution is 5.83. The zero-order valence-corrected chi connectivity index (χ0v) is 18.4. The number of carbonyl (C=O) groups excluding carboxylic acids is 2. The van der Waals surface area contributed by atoms with Crippen molar-refractivity contribution < 1.29 is 9.59 Å². The molecule has 4 unspecified atom stereocenters. The summed E-state index contributed by atoms with van der Waals surface area (Å²) in [4.78, 5) is 24.4. The summed E-state index contributed by atoms with van der Waals surface area (Å²) in [6.07, 6.45) is 15.5. The van der Waals surface area contributed by atoms with E-state index >= 15 is 0 Å². The van der Waals surface area contributed by atoms with E-state index in [0.29, 0.717) is 17.6 Å². The molecule has 152 valence electrons. The zero-order valence-electron chi connectivity index (χ0n) is 18.4. The van der Waals surface area contributed by atoms with Crippen molar-refractivity contribution in [1.82, 2.24) is 0 Å². The molecule has 0 spiro atoms. The summed E-state index contributed by atoms with van der Waals surface area (Å²) in [5.41, 5.74) is 1.18. The fourth-order valence-corrected chi connectivity index (χ4v) is 4.94. The fraction of sp³-hybridized carbons (Fsp3) is 0.760. The van der Waals surface area contributed by atoms with Gasteiger partial charge >= 0.3 is 0 Å². The molecular formula is C25H40O2. The summed E-state index contributed by atoms with van der Waals surface area (Å²) in [6, 6.07) is 0.